The first kappa shape index (κ1) is 20.4. The van der Waals surface area contributed by atoms with Crippen molar-refractivity contribution in [2.45, 2.75) is 20.0 Å². The lowest BCUT2D eigenvalue weighted by atomic mass is 10.3. The van der Waals surface area contributed by atoms with Crippen LogP contribution in [0.5, 0.6) is 17.2 Å². The summed E-state index contributed by atoms with van der Waals surface area (Å²) in [4.78, 5) is 23.8. The summed E-state index contributed by atoms with van der Waals surface area (Å²) < 4.78 is 16.1. The van der Waals surface area contributed by atoms with Gasteiger partial charge in [0.25, 0.3) is 11.8 Å². The number of hydrogen-bond acceptors (Lipinski definition) is 5. The Bertz CT molecular complexity index is 767. The highest BCUT2D eigenvalue weighted by atomic mass is 35.5. The molecule has 8 heteroatoms. The zero-order chi connectivity index (χ0) is 19.6. The molecule has 2 amide bonds. The number of hydrazine groups is 1. The highest BCUT2D eigenvalue weighted by molar-refractivity contribution is 6.30. The number of ether oxygens (including phenoxy) is 3. The maximum atomic E-state index is 12.0. The molecule has 2 aromatic carbocycles. The Morgan fingerprint density at radius 1 is 1.00 bits per heavy atom. The second-order valence-corrected chi connectivity index (χ2v) is 5.88. The Hall–Kier alpha value is -2.93. The number of benzene rings is 2. The lowest BCUT2D eigenvalue weighted by molar-refractivity contribution is -0.133. The van der Waals surface area contributed by atoms with Crippen molar-refractivity contribution in [3.8, 4) is 17.2 Å². The van der Waals surface area contributed by atoms with Crippen LogP contribution in [-0.4, -0.2) is 31.1 Å². The van der Waals surface area contributed by atoms with Crippen LogP contribution in [0.3, 0.4) is 0 Å². The largest absolute Gasteiger partial charge is 0.494 e. The standard InChI is InChI=1S/C19H21ClN2O5/c1-3-25-15-7-9-16(10-8-15)27-13(2)19(24)22-21-18(23)12-26-17-6-4-5-14(20)11-17/h4-11,13H,3,12H2,1-2H3,(H,21,23)(H,22,24)/t13-/m1/s1. The molecule has 144 valence electrons. The highest BCUT2D eigenvalue weighted by Crippen LogP contribution is 2.19. The SMILES string of the molecule is CCOc1ccc(O[C@H](C)C(=O)NNC(=O)COc2cccc(Cl)c2)cc1. The van der Waals surface area contributed by atoms with E-state index in [-0.39, 0.29) is 6.61 Å². The van der Waals surface area contributed by atoms with Crippen LogP contribution in [0.1, 0.15) is 13.8 Å². The molecule has 0 radical (unpaired) electrons. The van der Waals surface area contributed by atoms with E-state index in [1.54, 1.807) is 55.5 Å². The molecule has 0 aromatic heterocycles. The fourth-order valence-electron chi connectivity index (χ4n) is 2.01. The predicted octanol–water partition coefficient (Wildman–Crippen LogP) is 2.73. The van der Waals surface area contributed by atoms with Gasteiger partial charge in [0.2, 0.25) is 0 Å². The molecule has 1 atom stereocenters. The summed E-state index contributed by atoms with van der Waals surface area (Å²) in [5, 5.41) is 0.501. The molecule has 0 saturated heterocycles. The summed E-state index contributed by atoms with van der Waals surface area (Å²) in [6.07, 6.45) is -0.808. The maximum Gasteiger partial charge on any atom is 0.279 e. The van der Waals surface area contributed by atoms with Crippen molar-refractivity contribution in [2.24, 2.45) is 0 Å². The minimum Gasteiger partial charge on any atom is -0.494 e. The van der Waals surface area contributed by atoms with Crippen molar-refractivity contribution in [3.05, 3.63) is 53.6 Å². The second kappa shape index (κ2) is 10.3. The molecule has 2 aromatic rings. The van der Waals surface area contributed by atoms with Crippen LogP contribution in [-0.2, 0) is 9.59 Å². The van der Waals surface area contributed by atoms with Gasteiger partial charge in [-0.25, -0.2) is 0 Å². The smallest absolute Gasteiger partial charge is 0.279 e. The van der Waals surface area contributed by atoms with Crippen molar-refractivity contribution >= 4 is 23.4 Å². The number of carbonyl (C=O) groups is 2. The maximum absolute atomic E-state index is 12.0. The van der Waals surface area contributed by atoms with Gasteiger partial charge in [-0.1, -0.05) is 17.7 Å². The van der Waals surface area contributed by atoms with Gasteiger partial charge in [-0.2, -0.15) is 0 Å². The highest BCUT2D eigenvalue weighted by Gasteiger charge is 2.15. The van der Waals surface area contributed by atoms with Crippen LogP contribution in [0.4, 0.5) is 0 Å². The quantitative estimate of drug-likeness (QED) is 0.674. The average molecular weight is 393 g/mol. The molecule has 2 rings (SSSR count). The van der Waals surface area contributed by atoms with Gasteiger partial charge in [-0.05, 0) is 56.3 Å². The van der Waals surface area contributed by atoms with Crippen LogP contribution in [0.2, 0.25) is 5.02 Å². The summed E-state index contributed by atoms with van der Waals surface area (Å²) >= 11 is 5.83. The molecule has 0 unspecified atom stereocenters. The minimum absolute atomic E-state index is 0.269. The third-order valence-corrected chi connectivity index (χ3v) is 3.54. The van der Waals surface area contributed by atoms with Crippen molar-refractivity contribution in [1.29, 1.82) is 0 Å². The number of carbonyl (C=O) groups excluding carboxylic acids is 2. The van der Waals surface area contributed by atoms with E-state index >= 15 is 0 Å². The van der Waals surface area contributed by atoms with Crippen LogP contribution in [0.25, 0.3) is 0 Å². The monoisotopic (exact) mass is 392 g/mol. The molecule has 0 aliphatic carbocycles. The van der Waals surface area contributed by atoms with Gasteiger partial charge in [-0.15, -0.1) is 0 Å². The molecule has 0 aliphatic rings. The first-order valence-corrected chi connectivity index (χ1v) is 8.72. The van der Waals surface area contributed by atoms with E-state index in [9.17, 15) is 9.59 Å². The third-order valence-electron chi connectivity index (χ3n) is 3.31. The van der Waals surface area contributed by atoms with Gasteiger partial charge in [-0.3, -0.25) is 20.4 Å². The molecule has 27 heavy (non-hydrogen) atoms. The van der Waals surface area contributed by atoms with Crippen molar-refractivity contribution in [2.75, 3.05) is 13.2 Å². The Labute approximate surface area is 162 Å². The molecule has 2 N–H and O–H groups in total. The second-order valence-electron chi connectivity index (χ2n) is 5.45. The summed E-state index contributed by atoms with van der Waals surface area (Å²) in [6, 6.07) is 13.6. The molecule has 7 nitrogen and oxygen atoms in total. The topological polar surface area (TPSA) is 85.9 Å². The molecule has 0 aliphatic heterocycles. The van der Waals surface area contributed by atoms with Crippen LogP contribution >= 0.6 is 11.6 Å². The lowest BCUT2D eigenvalue weighted by Crippen LogP contribution is -2.48. The number of amides is 2. The van der Waals surface area contributed by atoms with Gasteiger partial charge in [0.15, 0.2) is 12.7 Å². The van der Waals surface area contributed by atoms with Gasteiger partial charge in [0.1, 0.15) is 17.2 Å². The fraction of sp³-hybridized carbons (Fsp3) is 0.263. The molecule has 0 spiro atoms. The Balaban J connectivity index is 1.72. The number of hydrogen-bond donors (Lipinski definition) is 2. The molecular weight excluding hydrogens is 372 g/mol. The summed E-state index contributed by atoms with van der Waals surface area (Å²) in [7, 11) is 0. The molecule has 0 fully saturated rings. The molecule has 0 saturated carbocycles. The van der Waals surface area contributed by atoms with Crippen molar-refractivity contribution in [1.82, 2.24) is 10.9 Å². The number of halogens is 1. The number of nitrogens with one attached hydrogen (secondary N) is 2. The average Bonchev–Trinajstić information content (AvgIpc) is 2.66. The first-order chi connectivity index (χ1) is 13.0. The predicted molar refractivity (Wildman–Crippen MR) is 101 cm³/mol. The summed E-state index contributed by atoms with van der Waals surface area (Å²) in [5.74, 6) is 0.665. The van der Waals surface area contributed by atoms with E-state index in [0.717, 1.165) is 0 Å². The third kappa shape index (κ3) is 7.07. The van der Waals surface area contributed by atoms with Crippen LogP contribution in [0.15, 0.2) is 48.5 Å². The fourth-order valence-corrected chi connectivity index (χ4v) is 2.19. The zero-order valence-electron chi connectivity index (χ0n) is 15.0. The van der Waals surface area contributed by atoms with E-state index in [2.05, 4.69) is 10.9 Å². The number of rotatable bonds is 8. The van der Waals surface area contributed by atoms with Crippen molar-refractivity contribution < 1.29 is 23.8 Å². The van der Waals surface area contributed by atoms with Gasteiger partial charge < -0.3 is 14.2 Å². The van der Waals surface area contributed by atoms with E-state index in [1.165, 1.54) is 0 Å². The lowest BCUT2D eigenvalue weighted by Gasteiger charge is -2.15. The van der Waals surface area contributed by atoms with Gasteiger partial charge >= 0.3 is 0 Å². The molecule has 0 bridgehead atoms. The summed E-state index contributed by atoms with van der Waals surface area (Å²) in [6.45, 7) is 3.76. The summed E-state index contributed by atoms with van der Waals surface area (Å²) in [5.41, 5.74) is 4.55. The van der Waals surface area contributed by atoms with Crippen LogP contribution < -0.4 is 25.1 Å². The van der Waals surface area contributed by atoms with E-state index < -0.39 is 17.9 Å². The van der Waals surface area contributed by atoms with Gasteiger partial charge in [0, 0.05) is 5.02 Å². The zero-order valence-corrected chi connectivity index (χ0v) is 15.8. The van der Waals surface area contributed by atoms with Crippen molar-refractivity contribution in [3.63, 3.8) is 0 Å². The van der Waals surface area contributed by atoms with E-state index in [4.69, 9.17) is 25.8 Å². The van der Waals surface area contributed by atoms with E-state index in [1.807, 2.05) is 6.92 Å². The Kier molecular flexibility index (Phi) is 7.76. The normalized spacial score (nSPS) is 11.2. The molecule has 0 heterocycles. The molecular formula is C19H21ClN2O5. The van der Waals surface area contributed by atoms with Gasteiger partial charge in [0.05, 0.1) is 6.61 Å². The Morgan fingerprint density at radius 3 is 2.37 bits per heavy atom. The van der Waals surface area contributed by atoms with E-state index in [0.29, 0.717) is 28.9 Å². The van der Waals surface area contributed by atoms with Crippen LogP contribution in [0, 0.1) is 0 Å². The Morgan fingerprint density at radius 2 is 1.70 bits per heavy atom. The minimum atomic E-state index is -0.808. The first-order valence-electron chi connectivity index (χ1n) is 8.34.